The van der Waals surface area contributed by atoms with Crippen LogP contribution in [0, 0.1) is 5.41 Å². The third-order valence-corrected chi connectivity index (χ3v) is 3.71. The van der Waals surface area contributed by atoms with Crippen LogP contribution in [0.1, 0.15) is 45.9 Å². The highest BCUT2D eigenvalue weighted by Gasteiger charge is 2.21. The number of hydrogen-bond acceptors (Lipinski definition) is 2. The van der Waals surface area contributed by atoms with Gasteiger partial charge in [-0.1, -0.05) is 20.8 Å². The molecule has 0 saturated carbocycles. The van der Waals surface area contributed by atoms with Crippen LogP contribution in [-0.2, 0) is 13.5 Å². The van der Waals surface area contributed by atoms with E-state index in [1.807, 2.05) is 12.4 Å². The van der Waals surface area contributed by atoms with Gasteiger partial charge in [0.2, 0.25) is 0 Å². The van der Waals surface area contributed by atoms with Crippen LogP contribution < -0.4 is 5.32 Å². The van der Waals surface area contributed by atoms with E-state index in [9.17, 15) is 0 Å². The number of imidazole rings is 1. The topological polar surface area (TPSA) is 29.9 Å². The van der Waals surface area contributed by atoms with Gasteiger partial charge < -0.3 is 9.88 Å². The van der Waals surface area contributed by atoms with Gasteiger partial charge >= 0.3 is 0 Å². The SMILES string of the molecule is CCCNCC(C)(CC)CCc1nccn1C. The van der Waals surface area contributed by atoms with Crippen molar-refractivity contribution in [2.45, 2.75) is 46.5 Å². The maximum absolute atomic E-state index is 4.39. The molecule has 0 spiro atoms. The summed E-state index contributed by atoms with van der Waals surface area (Å²) in [7, 11) is 2.07. The molecule has 0 fully saturated rings. The molecular formula is C14H27N3. The second-order valence-corrected chi connectivity index (χ2v) is 5.30. The second kappa shape index (κ2) is 6.80. The summed E-state index contributed by atoms with van der Waals surface area (Å²) in [5.74, 6) is 1.19. The van der Waals surface area contributed by atoms with E-state index in [1.54, 1.807) is 0 Å². The first kappa shape index (κ1) is 14.2. The van der Waals surface area contributed by atoms with Crippen LogP contribution in [0.25, 0.3) is 0 Å². The standard InChI is InChI=1S/C14H27N3/c1-5-9-15-12-14(3,6-2)8-7-13-16-10-11-17(13)4/h10-11,15H,5-9,12H2,1-4H3. The van der Waals surface area contributed by atoms with Gasteiger partial charge in [0.15, 0.2) is 0 Å². The number of aromatic nitrogens is 2. The third-order valence-electron chi connectivity index (χ3n) is 3.71. The van der Waals surface area contributed by atoms with Gasteiger partial charge in [0, 0.05) is 32.4 Å². The van der Waals surface area contributed by atoms with Crippen molar-refractivity contribution in [1.82, 2.24) is 14.9 Å². The van der Waals surface area contributed by atoms with Gasteiger partial charge in [0.25, 0.3) is 0 Å². The largest absolute Gasteiger partial charge is 0.338 e. The average Bonchev–Trinajstić information content (AvgIpc) is 2.73. The Labute approximate surface area is 106 Å². The van der Waals surface area contributed by atoms with Crippen molar-refractivity contribution < 1.29 is 0 Å². The van der Waals surface area contributed by atoms with E-state index >= 15 is 0 Å². The summed E-state index contributed by atoms with van der Waals surface area (Å²) in [6.07, 6.45) is 8.60. The average molecular weight is 237 g/mol. The van der Waals surface area contributed by atoms with E-state index < -0.39 is 0 Å². The molecular weight excluding hydrogens is 210 g/mol. The summed E-state index contributed by atoms with van der Waals surface area (Å²) >= 11 is 0. The summed E-state index contributed by atoms with van der Waals surface area (Å²) in [5.41, 5.74) is 0.390. The molecule has 1 heterocycles. The Morgan fingerprint density at radius 1 is 1.41 bits per heavy atom. The number of nitrogens with zero attached hydrogens (tertiary/aromatic N) is 2. The normalized spacial score (nSPS) is 14.8. The van der Waals surface area contributed by atoms with Crippen molar-refractivity contribution in [2.75, 3.05) is 13.1 Å². The molecule has 0 aliphatic carbocycles. The number of nitrogens with one attached hydrogen (secondary N) is 1. The van der Waals surface area contributed by atoms with Crippen LogP contribution in [0.4, 0.5) is 0 Å². The maximum Gasteiger partial charge on any atom is 0.108 e. The van der Waals surface area contributed by atoms with E-state index in [4.69, 9.17) is 0 Å². The van der Waals surface area contributed by atoms with Crippen LogP contribution in [0.2, 0.25) is 0 Å². The molecule has 0 radical (unpaired) electrons. The summed E-state index contributed by atoms with van der Waals surface area (Å²) in [6, 6.07) is 0. The van der Waals surface area contributed by atoms with Crippen LogP contribution in [-0.4, -0.2) is 22.6 Å². The number of hydrogen-bond donors (Lipinski definition) is 1. The molecule has 0 aliphatic rings. The predicted molar refractivity (Wildman–Crippen MR) is 73.1 cm³/mol. The summed E-state index contributed by atoms with van der Waals surface area (Å²) in [4.78, 5) is 4.39. The molecule has 0 bridgehead atoms. The quantitative estimate of drug-likeness (QED) is 0.705. The van der Waals surface area contributed by atoms with Gasteiger partial charge in [-0.3, -0.25) is 0 Å². The molecule has 3 heteroatoms. The van der Waals surface area contributed by atoms with Gasteiger partial charge in [0.05, 0.1) is 0 Å². The van der Waals surface area contributed by atoms with Gasteiger partial charge in [-0.2, -0.15) is 0 Å². The lowest BCUT2D eigenvalue weighted by Crippen LogP contribution is -2.32. The minimum Gasteiger partial charge on any atom is -0.338 e. The summed E-state index contributed by atoms with van der Waals surface area (Å²) in [5, 5.41) is 3.54. The number of aryl methyl sites for hydroxylation is 2. The van der Waals surface area contributed by atoms with Crippen LogP contribution in [0.15, 0.2) is 12.4 Å². The fourth-order valence-corrected chi connectivity index (χ4v) is 2.01. The zero-order chi connectivity index (χ0) is 12.7. The Morgan fingerprint density at radius 2 is 2.18 bits per heavy atom. The van der Waals surface area contributed by atoms with Crippen molar-refractivity contribution in [2.24, 2.45) is 12.5 Å². The first-order valence-corrected chi connectivity index (χ1v) is 6.78. The van der Waals surface area contributed by atoms with Crippen molar-refractivity contribution >= 4 is 0 Å². The summed E-state index contributed by atoms with van der Waals surface area (Å²) < 4.78 is 2.12. The van der Waals surface area contributed by atoms with Gasteiger partial charge in [-0.05, 0) is 31.2 Å². The minimum atomic E-state index is 0.390. The van der Waals surface area contributed by atoms with E-state index in [2.05, 4.69) is 42.7 Å². The van der Waals surface area contributed by atoms with Gasteiger partial charge in [-0.25, -0.2) is 4.98 Å². The van der Waals surface area contributed by atoms with Crippen molar-refractivity contribution in [3.8, 4) is 0 Å². The molecule has 1 atom stereocenters. The number of rotatable bonds is 8. The Balaban J connectivity index is 2.42. The Bertz CT molecular complexity index is 319. The first-order valence-electron chi connectivity index (χ1n) is 6.78. The van der Waals surface area contributed by atoms with E-state index in [0.717, 1.165) is 19.5 Å². The third kappa shape index (κ3) is 4.50. The van der Waals surface area contributed by atoms with E-state index in [1.165, 1.54) is 25.1 Å². The fraction of sp³-hybridized carbons (Fsp3) is 0.786. The van der Waals surface area contributed by atoms with E-state index in [-0.39, 0.29) is 0 Å². The van der Waals surface area contributed by atoms with Crippen molar-refractivity contribution in [3.05, 3.63) is 18.2 Å². The highest BCUT2D eigenvalue weighted by atomic mass is 15.0. The molecule has 3 nitrogen and oxygen atoms in total. The molecule has 1 rings (SSSR count). The fourth-order valence-electron chi connectivity index (χ4n) is 2.01. The molecule has 17 heavy (non-hydrogen) atoms. The minimum absolute atomic E-state index is 0.390. The second-order valence-electron chi connectivity index (χ2n) is 5.30. The Hall–Kier alpha value is -0.830. The lowest BCUT2D eigenvalue weighted by molar-refractivity contribution is 0.267. The van der Waals surface area contributed by atoms with Gasteiger partial charge in [-0.15, -0.1) is 0 Å². The Kier molecular flexibility index (Phi) is 5.69. The van der Waals surface area contributed by atoms with Crippen LogP contribution >= 0.6 is 0 Å². The zero-order valence-electron chi connectivity index (χ0n) is 11.8. The lowest BCUT2D eigenvalue weighted by atomic mass is 9.82. The van der Waals surface area contributed by atoms with Gasteiger partial charge in [0.1, 0.15) is 5.82 Å². The van der Waals surface area contributed by atoms with E-state index in [0.29, 0.717) is 5.41 Å². The van der Waals surface area contributed by atoms with Crippen molar-refractivity contribution in [1.29, 1.82) is 0 Å². The highest BCUT2D eigenvalue weighted by Crippen LogP contribution is 2.26. The lowest BCUT2D eigenvalue weighted by Gasteiger charge is -2.28. The molecule has 0 aliphatic heterocycles. The zero-order valence-corrected chi connectivity index (χ0v) is 11.8. The molecule has 0 aromatic carbocycles. The molecule has 0 amide bonds. The highest BCUT2D eigenvalue weighted by molar-refractivity contribution is 4.93. The first-order chi connectivity index (χ1) is 8.11. The Morgan fingerprint density at radius 3 is 2.71 bits per heavy atom. The molecule has 1 aromatic rings. The van der Waals surface area contributed by atoms with Crippen LogP contribution in [0.3, 0.4) is 0 Å². The maximum atomic E-state index is 4.39. The monoisotopic (exact) mass is 237 g/mol. The van der Waals surface area contributed by atoms with Crippen LogP contribution in [0.5, 0.6) is 0 Å². The summed E-state index contributed by atoms with van der Waals surface area (Å²) in [6.45, 7) is 9.11. The molecule has 1 N–H and O–H groups in total. The van der Waals surface area contributed by atoms with Crippen molar-refractivity contribution in [3.63, 3.8) is 0 Å². The predicted octanol–water partition coefficient (Wildman–Crippen LogP) is 2.77. The molecule has 98 valence electrons. The molecule has 1 unspecified atom stereocenters. The molecule has 0 saturated heterocycles. The molecule has 1 aromatic heterocycles. The smallest absolute Gasteiger partial charge is 0.108 e.